The summed E-state index contributed by atoms with van der Waals surface area (Å²) in [7, 11) is 0. The lowest BCUT2D eigenvalue weighted by molar-refractivity contribution is 0.0685. The Morgan fingerprint density at radius 1 is 1.41 bits per heavy atom. The number of aromatic carboxylic acids is 1. The third kappa shape index (κ3) is 3.58. The lowest BCUT2D eigenvalue weighted by atomic mass is 9.86. The highest BCUT2D eigenvalue weighted by atomic mass is 16.5. The number of hydrogen-bond acceptors (Lipinski definition) is 3. The number of carboxylic acids is 1. The molecule has 1 aromatic heterocycles. The average molecular weight is 237 g/mol. The molecule has 0 bridgehead atoms. The van der Waals surface area contributed by atoms with Gasteiger partial charge in [0, 0.05) is 12.5 Å². The molecular weight excluding hydrogens is 218 g/mol. The van der Waals surface area contributed by atoms with Gasteiger partial charge in [-0.2, -0.15) is 0 Å². The third-order valence-electron chi connectivity index (χ3n) is 3.54. The fraction of sp³-hybridized carbons (Fsp3) is 0.692. The van der Waals surface area contributed by atoms with Crippen molar-refractivity contribution in [3.63, 3.8) is 0 Å². The summed E-state index contributed by atoms with van der Waals surface area (Å²) in [5.41, 5.74) is 0.0117. The molecule has 4 nitrogen and oxygen atoms in total. The zero-order valence-electron chi connectivity index (χ0n) is 10.0. The summed E-state index contributed by atoms with van der Waals surface area (Å²) in [4.78, 5) is 10.6. The van der Waals surface area contributed by atoms with E-state index in [4.69, 9.17) is 9.63 Å². The Kier molecular flexibility index (Phi) is 4.18. The number of hydrogen-bond donors (Lipinski definition) is 1. The quantitative estimate of drug-likeness (QED) is 0.853. The van der Waals surface area contributed by atoms with Crippen molar-refractivity contribution in [1.82, 2.24) is 5.16 Å². The predicted octanol–water partition coefficient (Wildman–Crippen LogP) is 3.28. The fourth-order valence-corrected chi connectivity index (χ4v) is 2.57. The zero-order chi connectivity index (χ0) is 12.1. The first-order valence-electron chi connectivity index (χ1n) is 6.44. The summed E-state index contributed by atoms with van der Waals surface area (Å²) < 4.78 is 4.98. The Balaban J connectivity index is 1.71. The number of carbonyl (C=O) groups is 1. The second kappa shape index (κ2) is 5.84. The van der Waals surface area contributed by atoms with Gasteiger partial charge in [0.05, 0.1) is 0 Å². The topological polar surface area (TPSA) is 63.3 Å². The van der Waals surface area contributed by atoms with Gasteiger partial charge in [-0.25, -0.2) is 4.79 Å². The summed E-state index contributed by atoms with van der Waals surface area (Å²) in [5, 5.41) is 12.2. The Labute approximate surface area is 101 Å². The van der Waals surface area contributed by atoms with E-state index in [0.717, 1.165) is 18.8 Å². The predicted molar refractivity (Wildman–Crippen MR) is 63.0 cm³/mol. The third-order valence-corrected chi connectivity index (χ3v) is 3.54. The van der Waals surface area contributed by atoms with Crippen LogP contribution in [0.25, 0.3) is 0 Å². The second-order valence-electron chi connectivity index (χ2n) is 4.88. The van der Waals surface area contributed by atoms with E-state index in [2.05, 4.69) is 5.16 Å². The molecule has 1 aromatic rings. The van der Waals surface area contributed by atoms with Crippen LogP contribution in [0.15, 0.2) is 10.6 Å². The van der Waals surface area contributed by atoms with E-state index in [1.54, 1.807) is 0 Å². The van der Waals surface area contributed by atoms with Gasteiger partial charge in [0.2, 0.25) is 0 Å². The molecular formula is C13H19NO3. The Morgan fingerprint density at radius 3 is 2.82 bits per heavy atom. The molecule has 0 aliphatic heterocycles. The molecule has 0 amide bonds. The minimum Gasteiger partial charge on any atom is -0.476 e. The maximum atomic E-state index is 10.6. The molecule has 1 aliphatic carbocycles. The van der Waals surface area contributed by atoms with Crippen molar-refractivity contribution in [3.05, 3.63) is 17.5 Å². The van der Waals surface area contributed by atoms with E-state index in [0.29, 0.717) is 5.76 Å². The average Bonchev–Trinajstić information content (AvgIpc) is 2.79. The number of nitrogens with zero attached hydrogens (tertiary/aromatic N) is 1. The van der Waals surface area contributed by atoms with Gasteiger partial charge in [-0.3, -0.25) is 0 Å². The lowest BCUT2D eigenvalue weighted by Gasteiger charge is -2.20. The smallest absolute Gasteiger partial charge is 0.358 e. The summed E-state index contributed by atoms with van der Waals surface area (Å²) in [6, 6.07) is 1.53. The molecule has 4 heteroatoms. The van der Waals surface area contributed by atoms with Gasteiger partial charge >= 0.3 is 5.97 Å². The second-order valence-corrected chi connectivity index (χ2v) is 4.88. The van der Waals surface area contributed by atoms with Crippen LogP contribution in [0, 0.1) is 5.92 Å². The van der Waals surface area contributed by atoms with Crippen LogP contribution in [-0.4, -0.2) is 16.2 Å². The van der Waals surface area contributed by atoms with Crippen LogP contribution < -0.4 is 0 Å². The molecule has 0 spiro atoms. The summed E-state index contributed by atoms with van der Waals surface area (Å²) in [6.07, 6.45) is 9.94. The van der Waals surface area contributed by atoms with Crippen molar-refractivity contribution in [2.75, 3.05) is 0 Å². The van der Waals surface area contributed by atoms with Crippen LogP contribution >= 0.6 is 0 Å². The molecule has 1 heterocycles. The van der Waals surface area contributed by atoms with Crippen molar-refractivity contribution < 1.29 is 14.4 Å². The molecule has 0 radical (unpaired) electrons. The van der Waals surface area contributed by atoms with Crippen molar-refractivity contribution in [2.24, 2.45) is 5.92 Å². The first-order chi connectivity index (χ1) is 8.25. The molecule has 1 fully saturated rings. The fourth-order valence-electron chi connectivity index (χ4n) is 2.57. The largest absolute Gasteiger partial charge is 0.476 e. The van der Waals surface area contributed by atoms with Gasteiger partial charge in [-0.15, -0.1) is 0 Å². The highest BCUT2D eigenvalue weighted by molar-refractivity contribution is 5.85. The normalized spacial score (nSPS) is 17.2. The molecule has 2 rings (SSSR count). The Morgan fingerprint density at radius 2 is 2.18 bits per heavy atom. The number of carboxylic acid groups (broad SMARTS) is 1. The highest BCUT2D eigenvalue weighted by Crippen LogP contribution is 2.27. The van der Waals surface area contributed by atoms with Crippen molar-refractivity contribution >= 4 is 5.97 Å². The standard InChI is InChI=1S/C13H19NO3/c15-13(16)12-9-11(17-14-12)8-4-7-10-5-2-1-3-6-10/h9-10H,1-8H2,(H,15,16). The Bertz CT molecular complexity index is 366. The first kappa shape index (κ1) is 12.1. The molecule has 0 unspecified atom stereocenters. The van der Waals surface area contributed by atoms with Crippen LogP contribution in [-0.2, 0) is 6.42 Å². The van der Waals surface area contributed by atoms with Gasteiger partial charge in [0.1, 0.15) is 5.76 Å². The van der Waals surface area contributed by atoms with Crippen LogP contribution in [0.2, 0.25) is 0 Å². The van der Waals surface area contributed by atoms with E-state index < -0.39 is 5.97 Å². The summed E-state index contributed by atoms with van der Waals surface area (Å²) in [5.74, 6) is 0.538. The maximum absolute atomic E-state index is 10.6. The van der Waals surface area contributed by atoms with Gasteiger partial charge in [0.25, 0.3) is 0 Å². The minimum absolute atomic E-state index is 0.0117. The molecule has 1 aliphatic rings. The Hall–Kier alpha value is -1.32. The summed E-state index contributed by atoms with van der Waals surface area (Å²) >= 11 is 0. The van der Waals surface area contributed by atoms with Gasteiger partial charge in [-0.05, 0) is 12.3 Å². The molecule has 17 heavy (non-hydrogen) atoms. The molecule has 1 saturated carbocycles. The van der Waals surface area contributed by atoms with E-state index >= 15 is 0 Å². The molecule has 0 atom stereocenters. The van der Waals surface area contributed by atoms with Crippen LogP contribution in [0.3, 0.4) is 0 Å². The lowest BCUT2D eigenvalue weighted by Crippen LogP contribution is -2.06. The van der Waals surface area contributed by atoms with Crippen LogP contribution in [0.1, 0.15) is 61.2 Å². The monoisotopic (exact) mass is 237 g/mol. The molecule has 0 saturated heterocycles. The van der Waals surface area contributed by atoms with E-state index in [-0.39, 0.29) is 5.69 Å². The number of aryl methyl sites for hydroxylation is 1. The molecule has 1 N–H and O–H groups in total. The van der Waals surface area contributed by atoms with Crippen LogP contribution in [0.5, 0.6) is 0 Å². The first-order valence-corrected chi connectivity index (χ1v) is 6.44. The van der Waals surface area contributed by atoms with Gasteiger partial charge in [0.15, 0.2) is 5.69 Å². The van der Waals surface area contributed by atoms with E-state index in [1.165, 1.54) is 44.6 Å². The van der Waals surface area contributed by atoms with Crippen molar-refractivity contribution in [3.8, 4) is 0 Å². The maximum Gasteiger partial charge on any atom is 0.358 e. The highest BCUT2D eigenvalue weighted by Gasteiger charge is 2.14. The van der Waals surface area contributed by atoms with Crippen molar-refractivity contribution in [2.45, 2.75) is 51.4 Å². The van der Waals surface area contributed by atoms with Crippen molar-refractivity contribution in [1.29, 1.82) is 0 Å². The number of aromatic nitrogens is 1. The molecule has 0 aromatic carbocycles. The van der Waals surface area contributed by atoms with Crippen LogP contribution in [0.4, 0.5) is 0 Å². The SMILES string of the molecule is O=C(O)c1cc(CCCC2CCCCC2)on1. The van der Waals surface area contributed by atoms with Gasteiger partial charge in [-0.1, -0.05) is 43.7 Å². The van der Waals surface area contributed by atoms with E-state index in [1.807, 2.05) is 0 Å². The zero-order valence-corrected chi connectivity index (χ0v) is 10.0. The summed E-state index contributed by atoms with van der Waals surface area (Å²) in [6.45, 7) is 0. The minimum atomic E-state index is -1.02. The van der Waals surface area contributed by atoms with E-state index in [9.17, 15) is 4.79 Å². The number of rotatable bonds is 5. The van der Waals surface area contributed by atoms with Gasteiger partial charge < -0.3 is 9.63 Å². The molecule has 94 valence electrons.